The molecule has 1 fully saturated rings. The average molecular weight is 462 g/mol. The lowest BCUT2D eigenvalue weighted by molar-refractivity contribution is -0.117. The number of para-hydroxylation sites is 1. The van der Waals surface area contributed by atoms with E-state index in [1.165, 1.54) is 4.31 Å². The molecule has 1 unspecified atom stereocenters. The van der Waals surface area contributed by atoms with Crippen molar-refractivity contribution >= 4 is 33.4 Å². The molecule has 3 rings (SSSR count). The van der Waals surface area contributed by atoms with Crippen molar-refractivity contribution in [3.05, 3.63) is 54.1 Å². The minimum absolute atomic E-state index is 0.0848. The zero-order valence-electron chi connectivity index (χ0n) is 18.4. The van der Waals surface area contributed by atoms with Crippen LogP contribution in [0.15, 0.2) is 58.3 Å². The fraction of sp³-hybridized carbons (Fsp3) is 0.435. The Morgan fingerprint density at radius 2 is 1.71 bits per heavy atom. The first kappa shape index (κ1) is 23.8. The molecule has 0 aromatic heterocycles. The van der Waals surface area contributed by atoms with Gasteiger partial charge in [-0.3, -0.25) is 9.69 Å². The van der Waals surface area contributed by atoms with E-state index in [1.54, 1.807) is 23.9 Å². The van der Waals surface area contributed by atoms with Crippen LogP contribution in [0.1, 0.15) is 31.7 Å². The Balaban J connectivity index is 1.55. The SMILES string of the molecule is CCC(C)c1ccc(S(=O)(=O)N2CCN(CC(=O)Nc3ccccc3SC)CC2)cc1. The largest absolute Gasteiger partial charge is 0.324 e. The predicted molar refractivity (Wildman–Crippen MR) is 127 cm³/mol. The number of nitrogens with zero attached hydrogens (tertiary/aromatic N) is 2. The van der Waals surface area contributed by atoms with E-state index in [4.69, 9.17) is 0 Å². The van der Waals surface area contributed by atoms with E-state index in [0.717, 1.165) is 22.6 Å². The van der Waals surface area contributed by atoms with E-state index < -0.39 is 10.0 Å². The van der Waals surface area contributed by atoms with Crippen molar-refractivity contribution in [3.63, 3.8) is 0 Å². The highest BCUT2D eigenvalue weighted by atomic mass is 32.2. The Kier molecular flexibility index (Phi) is 8.16. The van der Waals surface area contributed by atoms with Gasteiger partial charge in [-0.05, 0) is 48.4 Å². The highest BCUT2D eigenvalue weighted by molar-refractivity contribution is 7.98. The molecule has 1 saturated heterocycles. The summed E-state index contributed by atoms with van der Waals surface area (Å²) in [5, 5.41) is 2.96. The lowest BCUT2D eigenvalue weighted by atomic mass is 9.99. The average Bonchev–Trinajstić information content (AvgIpc) is 2.79. The highest BCUT2D eigenvalue weighted by Crippen LogP contribution is 2.25. The molecule has 2 aromatic carbocycles. The molecule has 1 atom stereocenters. The molecule has 1 aliphatic rings. The number of anilines is 1. The molecule has 1 heterocycles. The number of carbonyl (C=O) groups excluding carboxylic acids is 1. The Bertz CT molecular complexity index is 985. The van der Waals surface area contributed by atoms with Gasteiger partial charge < -0.3 is 5.32 Å². The quantitative estimate of drug-likeness (QED) is 0.605. The second kappa shape index (κ2) is 10.6. The summed E-state index contributed by atoms with van der Waals surface area (Å²) in [5.41, 5.74) is 1.96. The lowest BCUT2D eigenvalue weighted by Crippen LogP contribution is -2.50. The Labute approximate surface area is 190 Å². The van der Waals surface area contributed by atoms with Gasteiger partial charge in [0.1, 0.15) is 0 Å². The van der Waals surface area contributed by atoms with Crippen LogP contribution < -0.4 is 5.32 Å². The number of rotatable bonds is 8. The number of thioether (sulfide) groups is 1. The van der Waals surface area contributed by atoms with E-state index >= 15 is 0 Å². The molecule has 1 N–H and O–H groups in total. The molecular weight excluding hydrogens is 430 g/mol. The molecule has 0 spiro atoms. The summed E-state index contributed by atoms with van der Waals surface area (Å²) < 4.78 is 27.5. The van der Waals surface area contributed by atoms with Gasteiger partial charge in [-0.2, -0.15) is 4.31 Å². The summed E-state index contributed by atoms with van der Waals surface area (Å²) in [7, 11) is -3.52. The topological polar surface area (TPSA) is 69.7 Å². The molecule has 0 bridgehead atoms. The number of piperazine rings is 1. The minimum atomic E-state index is -3.52. The first-order valence-electron chi connectivity index (χ1n) is 10.6. The van der Waals surface area contributed by atoms with Gasteiger partial charge in [-0.1, -0.05) is 38.1 Å². The first-order valence-corrected chi connectivity index (χ1v) is 13.3. The van der Waals surface area contributed by atoms with Gasteiger partial charge in [-0.25, -0.2) is 8.42 Å². The van der Waals surface area contributed by atoms with Gasteiger partial charge in [0.15, 0.2) is 0 Å². The van der Waals surface area contributed by atoms with Crippen molar-refractivity contribution < 1.29 is 13.2 Å². The molecule has 6 nitrogen and oxygen atoms in total. The number of hydrogen-bond donors (Lipinski definition) is 1. The second-order valence-corrected chi connectivity index (χ2v) is 10.6. The number of hydrogen-bond acceptors (Lipinski definition) is 5. The van der Waals surface area contributed by atoms with Crippen LogP contribution in [0.3, 0.4) is 0 Å². The molecule has 8 heteroatoms. The molecule has 0 saturated carbocycles. The summed E-state index contributed by atoms with van der Waals surface area (Å²) >= 11 is 1.59. The van der Waals surface area contributed by atoms with Crippen LogP contribution in [0, 0.1) is 0 Å². The van der Waals surface area contributed by atoms with Gasteiger partial charge >= 0.3 is 0 Å². The van der Waals surface area contributed by atoms with Crippen LogP contribution in [0.5, 0.6) is 0 Å². The maximum Gasteiger partial charge on any atom is 0.243 e. The van der Waals surface area contributed by atoms with E-state index in [1.807, 2.05) is 47.6 Å². The maximum absolute atomic E-state index is 13.0. The number of carbonyl (C=O) groups is 1. The fourth-order valence-corrected chi connectivity index (χ4v) is 5.60. The molecule has 0 radical (unpaired) electrons. The van der Waals surface area contributed by atoms with Crippen molar-refractivity contribution in [3.8, 4) is 0 Å². The van der Waals surface area contributed by atoms with Crippen molar-refractivity contribution in [2.45, 2.75) is 36.0 Å². The second-order valence-electron chi connectivity index (χ2n) is 7.81. The third-order valence-electron chi connectivity index (χ3n) is 5.78. The minimum Gasteiger partial charge on any atom is -0.324 e. The van der Waals surface area contributed by atoms with Gasteiger partial charge in [0, 0.05) is 31.1 Å². The Hall–Kier alpha value is -1.87. The standard InChI is InChI=1S/C23H31N3O3S2/c1-4-18(2)19-9-11-20(12-10-19)31(28,29)26-15-13-25(14-16-26)17-23(27)24-21-7-5-6-8-22(21)30-3/h5-12,18H,4,13-17H2,1-3H3,(H,24,27). The first-order chi connectivity index (χ1) is 14.8. The maximum atomic E-state index is 13.0. The van der Waals surface area contributed by atoms with Crippen LogP contribution in [0.25, 0.3) is 0 Å². The van der Waals surface area contributed by atoms with Crippen LogP contribution >= 0.6 is 11.8 Å². The molecule has 1 amide bonds. The van der Waals surface area contributed by atoms with Crippen LogP contribution in [0.4, 0.5) is 5.69 Å². The normalized spacial score (nSPS) is 16.7. The molecule has 31 heavy (non-hydrogen) atoms. The van der Waals surface area contributed by atoms with Crippen molar-refractivity contribution in [2.24, 2.45) is 0 Å². The highest BCUT2D eigenvalue weighted by Gasteiger charge is 2.29. The Morgan fingerprint density at radius 1 is 1.06 bits per heavy atom. The third-order valence-corrected chi connectivity index (χ3v) is 8.49. The van der Waals surface area contributed by atoms with Crippen molar-refractivity contribution in [1.29, 1.82) is 0 Å². The third kappa shape index (κ3) is 5.88. The van der Waals surface area contributed by atoms with Gasteiger partial charge in [0.05, 0.1) is 17.1 Å². The predicted octanol–water partition coefficient (Wildman–Crippen LogP) is 3.87. The van der Waals surface area contributed by atoms with E-state index in [2.05, 4.69) is 19.2 Å². The molecule has 1 aliphatic heterocycles. The van der Waals surface area contributed by atoms with Crippen LogP contribution in [0.2, 0.25) is 0 Å². The van der Waals surface area contributed by atoms with Crippen LogP contribution in [-0.2, 0) is 14.8 Å². The number of amides is 1. The zero-order chi connectivity index (χ0) is 22.4. The van der Waals surface area contributed by atoms with Crippen molar-refractivity contribution in [1.82, 2.24) is 9.21 Å². The molecular formula is C23H31N3O3S2. The van der Waals surface area contributed by atoms with E-state index in [0.29, 0.717) is 37.0 Å². The van der Waals surface area contributed by atoms with Crippen molar-refractivity contribution in [2.75, 3.05) is 44.3 Å². The molecule has 2 aromatic rings. The molecule has 0 aliphatic carbocycles. The van der Waals surface area contributed by atoms with Gasteiger partial charge in [0.2, 0.25) is 15.9 Å². The summed E-state index contributed by atoms with van der Waals surface area (Å²) in [6.45, 7) is 6.33. The Morgan fingerprint density at radius 3 is 2.32 bits per heavy atom. The zero-order valence-corrected chi connectivity index (χ0v) is 20.0. The van der Waals surface area contributed by atoms with Crippen LogP contribution in [-0.4, -0.2) is 62.5 Å². The fourth-order valence-electron chi connectivity index (χ4n) is 3.62. The monoisotopic (exact) mass is 461 g/mol. The summed E-state index contributed by atoms with van der Waals surface area (Å²) in [5.74, 6) is 0.327. The summed E-state index contributed by atoms with van der Waals surface area (Å²) in [6, 6.07) is 14.9. The lowest BCUT2D eigenvalue weighted by Gasteiger charge is -2.33. The summed E-state index contributed by atoms with van der Waals surface area (Å²) in [6.07, 6.45) is 2.99. The van der Waals surface area contributed by atoms with E-state index in [9.17, 15) is 13.2 Å². The number of sulfonamides is 1. The van der Waals surface area contributed by atoms with Gasteiger partial charge in [-0.15, -0.1) is 11.8 Å². The van der Waals surface area contributed by atoms with Gasteiger partial charge in [0.25, 0.3) is 0 Å². The smallest absolute Gasteiger partial charge is 0.243 e. The molecule has 168 valence electrons. The summed E-state index contributed by atoms with van der Waals surface area (Å²) in [4.78, 5) is 15.8. The number of nitrogens with one attached hydrogen (secondary N) is 1. The number of benzene rings is 2. The van der Waals surface area contributed by atoms with E-state index in [-0.39, 0.29) is 12.5 Å².